The summed E-state index contributed by atoms with van der Waals surface area (Å²) in [6, 6.07) is 14.2. The van der Waals surface area contributed by atoms with E-state index in [0.29, 0.717) is 45.9 Å². The number of sulfonamides is 1. The molecule has 6 aromatic rings. The van der Waals surface area contributed by atoms with Crippen LogP contribution in [0.3, 0.4) is 0 Å². The minimum absolute atomic E-state index is 0.0173. The van der Waals surface area contributed by atoms with Gasteiger partial charge in [0.1, 0.15) is 17.5 Å². The number of ketones is 1. The van der Waals surface area contributed by atoms with Crippen molar-refractivity contribution in [2.24, 2.45) is 0 Å². The Kier molecular flexibility index (Phi) is 7.29. The van der Waals surface area contributed by atoms with E-state index in [1.807, 2.05) is 0 Å². The monoisotopic (exact) mass is 632 g/mol. The Labute approximate surface area is 254 Å². The molecule has 4 N–H and O–H groups in total. The molecular formula is C31H23F3N6O4S. The van der Waals surface area contributed by atoms with Gasteiger partial charge in [0.05, 0.1) is 39.9 Å². The molecule has 228 valence electrons. The zero-order chi connectivity index (χ0) is 32.0. The summed E-state index contributed by atoms with van der Waals surface area (Å²) in [5.74, 6) is -2.87. The van der Waals surface area contributed by atoms with Gasteiger partial charge >= 0.3 is 0 Å². The maximum Gasteiger partial charge on any atom is 0.262 e. The predicted molar refractivity (Wildman–Crippen MR) is 161 cm³/mol. The van der Waals surface area contributed by atoms with E-state index in [1.54, 1.807) is 44.2 Å². The van der Waals surface area contributed by atoms with Gasteiger partial charge in [0.2, 0.25) is 11.7 Å². The van der Waals surface area contributed by atoms with Gasteiger partial charge in [-0.05, 0) is 67.4 Å². The molecule has 3 aromatic heterocycles. The van der Waals surface area contributed by atoms with E-state index < -0.39 is 38.2 Å². The Morgan fingerprint density at radius 2 is 1.69 bits per heavy atom. The number of halogens is 3. The summed E-state index contributed by atoms with van der Waals surface area (Å²) in [5, 5.41) is 4.87. The summed E-state index contributed by atoms with van der Waals surface area (Å²) in [6.45, 7) is 3.40. The van der Waals surface area contributed by atoms with Crippen molar-refractivity contribution in [2.45, 2.75) is 18.7 Å². The molecule has 10 nitrogen and oxygen atoms in total. The van der Waals surface area contributed by atoms with E-state index in [9.17, 15) is 26.4 Å². The fourth-order valence-electron chi connectivity index (χ4n) is 4.72. The Bertz CT molecular complexity index is 2230. The number of anilines is 2. The highest BCUT2D eigenvalue weighted by Gasteiger charge is 2.22. The van der Waals surface area contributed by atoms with Crippen LogP contribution in [0.4, 0.5) is 24.7 Å². The smallest absolute Gasteiger partial charge is 0.262 e. The van der Waals surface area contributed by atoms with Crippen LogP contribution in [0, 0.1) is 31.3 Å². The third-order valence-electron chi connectivity index (χ3n) is 6.99. The number of hydrogen-bond acceptors (Lipinski definition) is 7. The Balaban J connectivity index is 1.26. The van der Waals surface area contributed by atoms with E-state index in [1.165, 1.54) is 35.3 Å². The number of aromatic amines is 1. The number of H-pyrrole nitrogens is 1. The third kappa shape index (κ3) is 5.70. The van der Waals surface area contributed by atoms with Gasteiger partial charge in [0.15, 0.2) is 11.6 Å². The van der Waals surface area contributed by atoms with E-state index in [0.717, 1.165) is 0 Å². The number of aryl methyl sites for hydroxylation is 2. The molecule has 0 fully saturated rings. The van der Waals surface area contributed by atoms with Crippen LogP contribution >= 0.6 is 0 Å². The lowest BCUT2D eigenvalue weighted by Gasteiger charge is -2.11. The lowest BCUT2D eigenvalue weighted by molar-refractivity contribution is 0.103. The summed E-state index contributed by atoms with van der Waals surface area (Å²) in [6.07, 6.45) is 2.75. The zero-order valence-corrected chi connectivity index (χ0v) is 24.4. The molecule has 0 atom stereocenters. The summed E-state index contributed by atoms with van der Waals surface area (Å²) in [5.41, 5.74) is 8.77. The third-order valence-corrected chi connectivity index (χ3v) is 8.33. The van der Waals surface area contributed by atoms with Gasteiger partial charge in [-0.25, -0.2) is 31.3 Å². The number of ether oxygens (including phenoxy) is 1. The van der Waals surface area contributed by atoms with Crippen molar-refractivity contribution in [3.8, 4) is 17.3 Å². The zero-order valence-electron chi connectivity index (χ0n) is 23.6. The Hall–Kier alpha value is -5.63. The number of carbonyl (C=O) groups is 1. The number of rotatable bonds is 8. The quantitative estimate of drug-likeness (QED) is 0.170. The number of benzene rings is 3. The number of nitrogens with two attached hydrogens (primary N) is 1. The van der Waals surface area contributed by atoms with Crippen LogP contribution in [0.15, 0.2) is 84.0 Å². The molecule has 3 heterocycles. The first-order valence-corrected chi connectivity index (χ1v) is 14.8. The van der Waals surface area contributed by atoms with Crippen molar-refractivity contribution >= 4 is 38.2 Å². The number of aromatic nitrogens is 4. The highest BCUT2D eigenvalue weighted by Crippen LogP contribution is 2.30. The molecule has 0 aliphatic rings. The van der Waals surface area contributed by atoms with Crippen molar-refractivity contribution in [3.63, 3.8) is 0 Å². The number of nitrogen functional groups attached to an aromatic ring is 1. The number of pyridine rings is 1. The van der Waals surface area contributed by atoms with Gasteiger partial charge in [-0.15, -0.1) is 0 Å². The van der Waals surface area contributed by atoms with Gasteiger partial charge in [-0.3, -0.25) is 9.52 Å². The highest BCUT2D eigenvalue weighted by molar-refractivity contribution is 7.92. The lowest BCUT2D eigenvalue weighted by Crippen LogP contribution is -2.14. The molecular weight excluding hydrogens is 609 g/mol. The van der Waals surface area contributed by atoms with Crippen LogP contribution in [0.2, 0.25) is 0 Å². The first kappa shape index (κ1) is 29.4. The first-order chi connectivity index (χ1) is 21.4. The predicted octanol–water partition coefficient (Wildman–Crippen LogP) is 6.19. The second kappa shape index (κ2) is 11.1. The molecule has 0 radical (unpaired) electrons. The molecule has 0 spiro atoms. The van der Waals surface area contributed by atoms with Crippen molar-refractivity contribution in [2.75, 3.05) is 10.5 Å². The fraction of sp³-hybridized carbons (Fsp3) is 0.0645. The maximum absolute atomic E-state index is 14.0. The van der Waals surface area contributed by atoms with E-state index in [2.05, 4.69) is 19.8 Å². The van der Waals surface area contributed by atoms with Crippen molar-refractivity contribution < 1.29 is 31.1 Å². The fourth-order valence-corrected chi connectivity index (χ4v) is 5.89. The van der Waals surface area contributed by atoms with Gasteiger partial charge < -0.3 is 15.5 Å². The van der Waals surface area contributed by atoms with E-state index in [-0.39, 0.29) is 34.4 Å². The number of carbonyl (C=O) groups excluding carboxylic acids is 1. The van der Waals surface area contributed by atoms with Gasteiger partial charge in [-0.1, -0.05) is 12.1 Å². The summed E-state index contributed by atoms with van der Waals surface area (Å²) >= 11 is 0. The molecule has 14 heteroatoms. The topological polar surface area (TPSA) is 145 Å². The molecule has 0 aliphatic heterocycles. The van der Waals surface area contributed by atoms with Crippen LogP contribution in [0.1, 0.15) is 27.2 Å². The molecule has 45 heavy (non-hydrogen) atoms. The molecule has 6 rings (SSSR count). The minimum Gasteiger partial charge on any atom is -0.436 e. The largest absolute Gasteiger partial charge is 0.436 e. The molecule has 3 aromatic carbocycles. The first-order valence-electron chi connectivity index (χ1n) is 13.3. The average molecular weight is 633 g/mol. The van der Waals surface area contributed by atoms with Gasteiger partial charge in [-0.2, -0.15) is 5.10 Å². The van der Waals surface area contributed by atoms with Crippen molar-refractivity contribution in [1.29, 1.82) is 0 Å². The van der Waals surface area contributed by atoms with Crippen molar-refractivity contribution in [3.05, 3.63) is 119 Å². The molecule has 0 amide bonds. The summed E-state index contributed by atoms with van der Waals surface area (Å²) in [7, 11) is -4.32. The maximum atomic E-state index is 14.0. The molecule has 0 bridgehead atoms. The van der Waals surface area contributed by atoms with Crippen LogP contribution in [0.25, 0.3) is 16.6 Å². The molecule has 0 aliphatic carbocycles. The van der Waals surface area contributed by atoms with Crippen LogP contribution in [0.5, 0.6) is 11.6 Å². The number of nitrogens with one attached hydrogen (secondary N) is 2. The van der Waals surface area contributed by atoms with Crippen LogP contribution < -0.4 is 15.2 Å². The number of hydrogen-bond donors (Lipinski definition) is 3. The summed E-state index contributed by atoms with van der Waals surface area (Å²) < 4.78 is 76.2. The van der Waals surface area contributed by atoms with Gasteiger partial charge in [0, 0.05) is 23.0 Å². The number of nitrogens with zero attached hydrogens (tertiary/aromatic N) is 3. The molecule has 0 unspecified atom stereocenters. The second-order valence-corrected chi connectivity index (χ2v) is 11.9. The second-order valence-electron chi connectivity index (χ2n) is 10.2. The summed E-state index contributed by atoms with van der Waals surface area (Å²) in [4.78, 5) is 20.1. The van der Waals surface area contributed by atoms with E-state index in [4.69, 9.17) is 10.5 Å². The SMILES string of the molecule is Cc1cc2cc(C(=O)c3cnn(-c4cnc(Oc5ccccc5F)cc4C)c3N)[nH]c2cc1NS(=O)(=O)c1cc(F)cc(F)c1. The lowest BCUT2D eigenvalue weighted by atomic mass is 10.1. The minimum atomic E-state index is -4.32. The van der Waals surface area contributed by atoms with Crippen LogP contribution in [-0.4, -0.2) is 33.9 Å². The normalized spacial score (nSPS) is 11.6. The average Bonchev–Trinajstić information content (AvgIpc) is 3.56. The Morgan fingerprint density at radius 1 is 0.956 bits per heavy atom. The van der Waals surface area contributed by atoms with E-state index >= 15 is 0 Å². The van der Waals surface area contributed by atoms with Crippen LogP contribution in [-0.2, 0) is 10.0 Å². The Morgan fingerprint density at radius 3 is 2.40 bits per heavy atom. The standard InChI is InChI=1S/C31H23F3N6O4S/c1-16-7-18-9-26(38-25(18)13-24(16)39-45(42,43)21-11-19(32)10-20(33)12-21)30(41)22-14-37-40(31(22)35)27-15-36-29(8-17(27)2)44-28-6-4-3-5-23(28)34/h3-15,38-39H,35H2,1-2H3. The van der Waals surface area contributed by atoms with Crippen molar-refractivity contribution in [1.82, 2.24) is 19.7 Å². The number of para-hydroxylation sites is 1. The molecule has 0 saturated heterocycles. The highest BCUT2D eigenvalue weighted by atomic mass is 32.2. The number of fused-ring (bicyclic) bond motifs is 1. The van der Waals surface area contributed by atoms with Gasteiger partial charge in [0.25, 0.3) is 10.0 Å². The molecule has 0 saturated carbocycles.